The minimum Gasteiger partial charge on any atom is -0.491 e. The Bertz CT molecular complexity index is 1110. The number of hydrogen-bond donors (Lipinski definition) is 1. The smallest absolute Gasteiger partial charge is 0.257 e. The lowest BCUT2D eigenvalue weighted by molar-refractivity contribution is -0.139. The molecule has 37 heavy (non-hydrogen) atoms. The van der Waals surface area contributed by atoms with Gasteiger partial charge in [-0.25, -0.2) is 4.39 Å². The number of benzene rings is 2. The molecule has 9 nitrogen and oxygen atoms in total. The SMILES string of the molecule is COCC(=O)N1C[C@H](C)[C@H](OC)CN(C)C(=O)c2cc(NC(=O)c3ccc(F)cc3)ccc2OC[C@H]1C. The van der Waals surface area contributed by atoms with Gasteiger partial charge in [-0.15, -0.1) is 0 Å². The lowest BCUT2D eigenvalue weighted by Crippen LogP contribution is -2.49. The number of carbonyl (C=O) groups is 3. The topological polar surface area (TPSA) is 97.4 Å². The molecule has 1 N–H and O–H groups in total. The van der Waals surface area contributed by atoms with Crippen LogP contribution >= 0.6 is 0 Å². The molecule has 3 atom stereocenters. The third-order valence-electron chi connectivity index (χ3n) is 6.40. The van der Waals surface area contributed by atoms with Gasteiger partial charge in [0.15, 0.2) is 0 Å². The summed E-state index contributed by atoms with van der Waals surface area (Å²) in [6.45, 7) is 4.62. The Hall–Kier alpha value is -3.50. The third kappa shape index (κ3) is 7.05. The van der Waals surface area contributed by atoms with Gasteiger partial charge in [-0.05, 0) is 49.4 Å². The first-order valence-electron chi connectivity index (χ1n) is 12.0. The molecule has 1 aliphatic rings. The molecule has 2 aromatic rings. The van der Waals surface area contributed by atoms with Gasteiger partial charge in [-0.3, -0.25) is 14.4 Å². The van der Waals surface area contributed by atoms with Crippen molar-refractivity contribution in [2.24, 2.45) is 5.92 Å². The summed E-state index contributed by atoms with van der Waals surface area (Å²) in [6, 6.07) is 9.64. The van der Waals surface area contributed by atoms with E-state index in [1.807, 2.05) is 13.8 Å². The highest BCUT2D eigenvalue weighted by Gasteiger charge is 2.30. The second-order valence-corrected chi connectivity index (χ2v) is 9.25. The molecule has 1 heterocycles. The van der Waals surface area contributed by atoms with Crippen molar-refractivity contribution in [1.82, 2.24) is 9.80 Å². The first-order valence-corrected chi connectivity index (χ1v) is 12.0. The zero-order chi connectivity index (χ0) is 27.1. The van der Waals surface area contributed by atoms with Crippen molar-refractivity contribution in [3.05, 3.63) is 59.4 Å². The van der Waals surface area contributed by atoms with Gasteiger partial charge in [-0.2, -0.15) is 0 Å². The van der Waals surface area contributed by atoms with E-state index in [-0.39, 0.29) is 60.8 Å². The van der Waals surface area contributed by atoms with Crippen molar-refractivity contribution < 1.29 is 33.0 Å². The molecule has 0 saturated carbocycles. The number of rotatable bonds is 5. The summed E-state index contributed by atoms with van der Waals surface area (Å²) >= 11 is 0. The summed E-state index contributed by atoms with van der Waals surface area (Å²) in [7, 11) is 4.72. The van der Waals surface area contributed by atoms with Crippen LogP contribution in [0.25, 0.3) is 0 Å². The predicted molar refractivity (Wildman–Crippen MR) is 136 cm³/mol. The fourth-order valence-corrected chi connectivity index (χ4v) is 4.21. The molecule has 3 rings (SSSR count). The molecule has 0 unspecified atom stereocenters. The number of hydrogen-bond acceptors (Lipinski definition) is 6. The molecule has 0 radical (unpaired) electrons. The molecular weight excluding hydrogens is 481 g/mol. The van der Waals surface area contributed by atoms with E-state index in [2.05, 4.69) is 5.32 Å². The third-order valence-corrected chi connectivity index (χ3v) is 6.40. The Labute approximate surface area is 216 Å². The van der Waals surface area contributed by atoms with Gasteiger partial charge < -0.3 is 29.3 Å². The van der Waals surface area contributed by atoms with Crippen molar-refractivity contribution in [3.63, 3.8) is 0 Å². The van der Waals surface area contributed by atoms with Crippen molar-refractivity contribution in [1.29, 1.82) is 0 Å². The van der Waals surface area contributed by atoms with Crippen LogP contribution in [-0.2, 0) is 14.3 Å². The normalized spacial score (nSPS) is 20.8. The van der Waals surface area contributed by atoms with Gasteiger partial charge in [0.05, 0.1) is 17.7 Å². The van der Waals surface area contributed by atoms with Gasteiger partial charge in [0, 0.05) is 51.5 Å². The molecule has 0 spiro atoms. The van der Waals surface area contributed by atoms with E-state index < -0.39 is 11.7 Å². The Kier molecular flexibility index (Phi) is 9.60. The second kappa shape index (κ2) is 12.6. The van der Waals surface area contributed by atoms with Crippen molar-refractivity contribution in [3.8, 4) is 5.75 Å². The molecule has 0 saturated heterocycles. The molecule has 200 valence electrons. The van der Waals surface area contributed by atoms with Gasteiger partial charge >= 0.3 is 0 Å². The zero-order valence-electron chi connectivity index (χ0n) is 21.8. The highest BCUT2D eigenvalue weighted by molar-refractivity contribution is 6.05. The number of halogens is 1. The van der Waals surface area contributed by atoms with Crippen LogP contribution in [0.5, 0.6) is 5.75 Å². The highest BCUT2D eigenvalue weighted by atomic mass is 19.1. The summed E-state index contributed by atoms with van der Waals surface area (Å²) in [5, 5.41) is 2.74. The Morgan fingerprint density at radius 2 is 1.81 bits per heavy atom. The fourth-order valence-electron chi connectivity index (χ4n) is 4.21. The number of carbonyl (C=O) groups excluding carboxylic acids is 3. The quantitative estimate of drug-likeness (QED) is 0.658. The van der Waals surface area contributed by atoms with Crippen LogP contribution in [0.2, 0.25) is 0 Å². The molecule has 0 aromatic heterocycles. The van der Waals surface area contributed by atoms with Crippen LogP contribution in [-0.4, -0.2) is 87.2 Å². The summed E-state index contributed by atoms with van der Waals surface area (Å²) in [4.78, 5) is 42.1. The van der Waals surface area contributed by atoms with E-state index in [1.54, 1.807) is 37.3 Å². The standard InChI is InChI=1S/C27H34FN3O6/c1-17-13-31(25(32)16-35-4)18(2)15-37-23-11-10-21(29-26(33)19-6-8-20(28)9-7-19)12-22(23)27(34)30(3)14-24(17)36-5/h6-12,17-18,24H,13-16H2,1-5H3,(H,29,33)/t17-,18+,24+/m0/s1. The van der Waals surface area contributed by atoms with Crippen LogP contribution in [0.15, 0.2) is 42.5 Å². The number of nitrogens with zero attached hydrogens (tertiary/aromatic N) is 2. The molecule has 2 aromatic carbocycles. The number of amides is 3. The van der Waals surface area contributed by atoms with Crippen molar-refractivity contribution >= 4 is 23.4 Å². The van der Waals surface area contributed by atoms with Gasteiger partial charge in [0.25, 0.3) is 11.8 Å². The second-order valence-electron chi connectivity index (χ2n) is 9.25. The molecule has 0 aliphatic carbocycles. The van der Waals surface area contributed by atoms with Crippen LogP contribution in [0.4, 0.5) is 10.1 Å². The highest BCUT2D eigenvalue weighted by Crippen LogP contribution is 2.27. The van der Waals surface area contributed by atoms with Gasteiger partial charge in [0.2, 0.25) is 5.91 Å². The summed E-state index contributed by atoms with van der Waals surface area (Å²) in [5.41, 5.74) is 0.914. The first-order chi connectivity index (χ1) is 17.6. The summed E-state index contributed by atoms with van der Waals surface area (Å²) < 4.78 is 30.0. The molecule has 0 fully saturated rings. The van der Waals surface area contributed by atoms with Crippen LogP contribution < -0.4 is 10.1 Å². The van der Waals surface area contributed by atoms with E-state index in [0.717, 1.165) is 0 Å². The summed E-state index contributed by atoms with van der Waals surface area (Å²) in [5.74, 6) is -1.11. The maximum Gasteiger partial charge on any atom is 0.257 e. The van der Waals surface area contributed by atoms with Crippen LogP contribution in [0, 0.1) is 11.7 Å². The van der Waals surface area contributed by atoms with E-state index in [4.69, 9.17) is 14.2 Å². The molecular formula is C27H34FN3O6. The van der Waals surface area contributed by atoms with Crippen molar-refractivity contribution in [2.75, 3.05) is 52.9 Å². The van der Waals surface area contributed by atoms with Crippen LogP contribution in [0.3, 0.4) is 0 Å². The maximum atomic E-state index is 13.5. The lowest BCUT2D eigenvalue weighted by Gasteiger charge is -2.36. The number of ether oxygens (including phenoxy) is 3. The van der Waals surface area contributed by atoms with E-state index >= 15 is 0 Å². The van der Waals surface area contributed by atoms with Crippen molar-refractivity contribution in [2.45, 2.75) is 26.0 Å². The minimum atomic E-state index is -0.442. The summed E-state index contributed by atoms with van der Waals surface area (Å²) in [6.07, 6.45) is -0.329. The minimum absolute atomic E-state index is 0.0548. The first kappa shape index (κ1) is 28.1. The number of anilines is 1. The number of nitrogens with one attached hydrogen (secondary N) is 1. The Morgan fingerprint density at radius 3 is 2.46 bits per heavy atom. The van der Waals surface area contributed by atoms with Gasteiger partial charge in [0.1, 0.15) is 24.8 Å². The Morgan fingerprint density at radius 1 is 1.11 bits per heavy atom. The average molecular weight is 516 g/mol. The zero-order valence-corrected chi connectivity index (χ0v) is 21.8. The largest absolute Gasteiger partial charge is 0.491 e. The number of fused-ring (bicyclic) bond motifs is 1. The van der Waals surface area contributed by atoms with E-state index in [0.29, 0.717) is 18.0 Å². The number of methoxy groups -OCH3 is 2. The van der Waals surface area contributed by atoms with Crippen LogP contribution in [0.1, 0.15) is 34.6 Å². The Balaban J connectivity index is 1.93. The molecule has 10 heteroatoms. The molecule has 0 bridgehead atoms. The maximum absolute atomic E-state index is 13.5. The fraction of sp³-hybridized carbons (Fsp3) is 0.444. The van der Waals surface area contributed by atoms with E-state index in [9.17, 15) is 18.8 Å². The predicted octanol–water partition coefficient (Wildman–Crippen LogP) is 3.06. The average Bonchev–Trinajstić information content (AvgIpc) is 2.88. The molecule has 3 amide bonds. The molecule has 1 aliphatic heterocycles. The monoisotopic (exact) mass is 515 g/mol. The number of likely N-dealkylation sites (N-methyl/N-ethyl adjacent to an activating group) is 1. The lowest BCUT2D eigenvalue weighted by atomic mass is 10.0. The van der Waals surface area contributed by atoms with E-state index in [1.165, 1.54) is 36.3 Å². The van der Waals surface area contributed by atoms with Gasteiger partial charge in [-0.1, -0.05) is 6.92 Å².